The lowest BCUT2D eigenvalue weighted by atomic mass is 10.1. The largest absolute Gasteiger partial charge is 0.481 e. The van der Waals surface area contributed by atoms with Crippen LogP contribution in [0.15, 0.2) is 0 Å². The van der Waals surface area contributed by atoms with E-state index in [0.29, 0.717) is 6.42 Å². The Labute approximate surface area is 172 Å². The molecule has 13 heteroatoms. The lowest BCUT2D eigenvalue weighted by molar-refractivity contribution is -0.146. The molecule has 3 amide bonds. The topological polar surface area (TPSA) is 220 Å². The molecule has 5 unspecified atom stereocenters. The minimum Gasteiger partial charge on any atom is -0.481 e. The van der Waals surface area contributed by atoms with E-state index < -0.39 is 73.0 Å². The van der Waals surface area contributed by atoms with Gasteiger partial charge in [0.1, 0.15) is 24.2 Å². The molecule has 30 heavy (non-hydrogen) atoms. The zero-order chi connectivity index (χ0) is 23.0. The summed E-state index contributed by atoms with van der Waals surface area (Å²) in [5.41, 5.74) is 5.40. The molecule has 1 fully saturated rings. The number of amides is 3. The van der Waals surface area contributed by atoms with Gasteiger partial charge in [-0.05, 0) is 26.2 Å². The van der Waals surface area contributed by atoms with Gasteiger partial charge in [0.25, 0.3) is 0 Å². The van der Waals surface area contributed by atoms with Crippen LogP contribution in [-0.4, -0.2) is 98.4 Å². The van der Waals surface area contributed by atoms with Crippen LogP contribution in [0.1, 0.15) is 32.6 Å². The number of aliphatic carboxylic acids is 2. The molecule has 0 saturated carbocycles. The number of carbonyl (C=O) groups excluding carboxylic acids is 3. The van der Waals surface area contributed by atoms with Crippen molar-refractivity contribution in [3.8, 4) is 0 Å². The first-order valence-electron chi connectivity index (χ1n) is 9.39. The van der Waals surface area contributed by atoms with Crippen LogP contribution in [0.25, 0.3) is 0 Å². The average molecular weight is 432 g/mol. The van der Waals surface area contributed by atoms with Crippen molar-refractivity contribution in [1.29, 1.82) is 0 Å². The van der Waals surface area contributed by atoms with E-state index in [1.165, 1.54) is 6.92 Å². The van der Waals surface area contributed by atoms with Crippen molar-refractivity contribution in [3.63, 3.8) is 0 Å². The normalized spacial score (nSPS) is 20.0. The molecule has 0 aromatic rings. The monoisotopic (exact) mass is 432 g/mol. The number of likely N-dealkylation sites (tertiary alicyclic amines) is 1. The quantitative estimate of drug-likeness (QED) is 0.171. The zero-order valence-electron chi connectivity index (χ0n) is 16.5. The Balaban J connectivity index is 2.90. The standard InChI is InChI=1S/C17H28N4O9/c1-8(23)13(20-14(26)9(18)7-22)16(28)21-6-2-3-11(21)15(27)19-10(17(29)30)4-5-12(24)25/h8-11,13,22-23H,2-7,18H2,1H3,(H,19,27)(H,20,26)(H,24,25)(H,29,30). The van der Waals surface area contributed by atoms with Gasteiger partial charge in [-0.25, -0.2) is 4.79 Å². The highest BCUT2D eigenvalue weighted by Gasteiger charge is 2.40. The molecule has 0 radical (unpaired) electrons. The molecule has 1 saturated heterocycles. The summed E-state index contributed by atoms with van der Waals surface area (Å²) in [6.45, 7) is 0.716. The SMILES string of the molecule is CC(O)C(NC(=O)C(N)CO)C(=O)N1CCCC1C(=O)NC(CCC(=O)O)C(=O)O. The van der Waals surface area contributed by atoms with Gasteiger partial charge in [0.05, 0.1) is 12.7 Å². The van der Waals surface area contributed by atoms with Crippen LogP contribution in [-0.2, 0) is 24.0 Å². The lowest BCUT2D eigenvalue weighted by Gasteiger charge is -2.31. The van der Waals surface area contributed by atoms with E-state index in [1.54, 1.807) is 0 Å². The van der Waals surface area contributed by atoms with Crippen LogP contribution in [0, 0.1) is 0 Å². The minimum absolute atomic E-state index is 0.134. The third kappa shape index (κ3) is 6.93. The maximum absolute atomic E-state index is 12.9. The number of hydrogen-bond acceptors (Lipinski definition) is 8. The van der Waals surface area contributed by atoms with E-state index in [4.69, 9.17) is 15.9 Å². The van der Waals surface area contributed by atoms with E-state index in [-0.39, 0.29) is 19.4 Å². The van der Waals surface area contributed by atoms with Gasteiger partial charge in [0.15, 0.2) is 0 Å². The number of nitrogens with two attached hydrogens (primary N) is 1. The summed E-state index contributed by atoms with van der Waals surface area (Å²) >= 11 is 0. The van der Waals surface area contributed by atoms with E-state index in [9.17, 15) is 34.2 Å². The molecule has 1 heterocycles. The van der Waals surface area contributed by atoms with Gasteiger partial charge in [0, 0.05) is 13.0 Å². The van der Waals surface area contributed by atoms with E-state index >= 15 is 0 Å². The van der Waals surface area contributed by atoms with Gasteiger partial charge in [-0.1, -0.05) is 0 Å². The summed E-state index contributed by atoms with van der Waals surface area (Å²) in [5.74, 6) is -5.03. The molecule has 0 aromatic heterocycles. The molecule has 170 valence electrons. The highest BCUT2D eigenvalue weighted by atomic mass is 16.4. The third-order valence-corrected chi connectivity index (χ3v) is 4.68. The second-order valence-electron chi connectivity index (χ2n) is 7.04. The Bertz CT molecular complexity index is 670. The predicted molar refractivity (Wildman–Crippen MR) is 99.8 cm³/mol. The maximum Gasteiger partial charge on any atom is 0.326 e. The smallest absolute Gasteiger partial charge is 0.326 e. The second kappa shape index (κ2) is 11.4. The minimum atomic E-state index is -1.44. The molecule has 0 aliphatic carbocycles. The van der Waals surface area contributed by atoms with Gasteiger partial charge < -0.3 is 41.7 Å². The Morgan fingerprint density at radius 1 is 1.17 bits per heavy atom. The van der Waals surface area contributed by atoms with Crippen molar-refractivity contribution in [2.75, 3.05) is 13.2 Å². The third-order valence-electron chi connectivity index (χ3n) is 4.68. The first kappa shape index (κ1) is 25.3. The number of carboxylic acids is 2. The molecule has 8 N–H and O–H groups in total. The number of aliphatic hydroxyl groups excluding tert-OH is 2. The number of aliphatic hydroxyl groups is 2. The van der Waals surface area contributed by atoms with Crippen LogP contribution in [0.4, 0.5) is 0 Å². The molecule has 13 nitrogen and oxygen atoms in total. The Morgan fingerprint density at radius 2 is 1.80 bits per heavy atom. The number of carbonyl (C=O) groups is 5. The zero-order valence-corrected chi connectivity index (χ0v) is 16.5. The fourth-order valence-corrected chi connectivity index (χ4v) is 3.01. The first-order valence-corrected chi connectivity index (χ1v) is 9.39. The Morgan fingerprint density at radius 3 is 2.30 bits per heavy atom. The Kier molecular flexibility index (Phi) is 9.62. The van der Waals surface area contributed by atoms with Crippen molar-refractivity contribution in [2.24, 2.45) is 5.73 Å². The molecule has 5 atom stereocenters. The Hall–Kier alpha value is -2.77. The number of rotatable bonds is 11. The van der Waals surface area contributed by atoms with Gasteiger partial charge >= 0.3 is 11.9 Å². The summed E-state index contributed by atoms with van der Waals surface area (Å²) in [6.07, 6.45) is -1.49. The van der Waals surface area contributed by atoms with Gasteiger partial charge in [-0.3, -0.25) is 19.2 Å². The molecule has 0 aromatic carbocycles. The highest BCUT2D eigenvalue weighted by Crippen LogP contribution is 2.20. The molecule has 1 rings (SSSR count). The average Bonchev–Trinajstić information content (AvgIpc) is 3.17. The van der Waals surface area contributed by atoms with Crippen LogP contribution in [0.5, 0.6) is 0 Å². The van der Waals surface area contributed by atoms with Crippen LogP contribution >= 0.6 is 0 Å². The predicted octanol–water partition coefficient (Wildman–Crippen LogP) is -3.40. The van der Waals surface area contributed by atoms with Crippen molar-refractivity contribution in [2.45, 2.75) is 62.9 Å². The van der Waals surface area contributed by atoms with Gasteiger partial charge in [-0.15, -0.1) is 0 Å². The lowest BCUT2D eigenvalue weighted by Crippen LogP contribution is -2.59. The summed E-state index contributed by atoms with van der Waals surface area (Å²) in [6, 6.07) is -5.22. The van der Waals surface area contributed by atoms with Crippen molar-refractivity contribution in [3.05, 3.63) is 0 Å². The maximum atomic E-state index is 12.9. The number of nitrogens with one attached hydrogen (secondary N) is 2. The highest BCUT2D eigenvalue weighted by molar-refractivity contribution is 5.94. The van der Waals surface area contributed by atoms with Crippen LogP contribution < -0.4 is 16.4 Å². The van der Waals surface area contributed by atoms with Gasteiger partial charge in [-0.2, -0.15) is 0 Å². The molecule has 1 aliphatic heterocycles. The van der Waals surface area contributed by atoms with E-state index in [1.807, 2.05) is 0 Å². The molecular formula is C17H28N4O9. The van der Waals surface area contributed by atoms with E-state index in [0.717, 1.165) is 4.90 Å². The summed E-state index contributed by atoms with van der Waals surface area (Å²) in [7, 11) is 0. The fourth-order valence-electron chi connectivity index (χ4n) is 3.01. The molecule has 0 spiro atoms. The number of nitrogens with zero attached hydrogens (tertiary/aromatic N) is 1. The van der Waals surface area contributed by atoms with Crippen molar-refractivity contribution in [1.82, 2.24) is 15.5 Å². The fraction of sp³-hybridized carbons (Fsp3) is 0.706. The van der Waals surface area contributed by atoms with Crippen molar-refractivity contribution < 1.29 is 44.4 Å². The molecule has 1 aliphatic rings. The second-order valence-corrected chi connectivity index (χ2v) is 7.04. The number of carboxylic acid groups (broad SMARTS) is 2. The summed E-state index contributed by atoms with van der Waals surface area (Å²) in [4.78, 5) is 60.4. The van der Waals surface area contributed by atoms with Crippen molar-refractivity contribution >= 4 is 29.7 Å². The van der Waals surface area contributed by atoms with E-state index in [2.05, 4.69) is 10.6 Å². The van der Waals surface area contributed by atoms with Crippen LogP contribution in [0.2, 0.25) is 0 Å². The number of hydrogen-bond donors (Lipinski definition) is 7. The molecule has 0 bridgehead atoms. The summed E-state index contributed by atoms with van der Waals surface area (Å²) < 4.78 is 0. The first-order chi connectivity index (χ1) is 14.0. The molecular weight excluding hydrogens is 404 g/mol. The van der Waals surface area contributed by atoms with Crippen LogP contribution in [0.3, 0.4) is 0 Å². The summed E-state index contributed by atoms with van der Waals surface area (Å²) in [5, 5.41) is 41.2. The van der Waals surface area contributed by atoms with Gasteiger partial charge in [0.2, 0.25) is 17.7 Å².